The van der Waals surface area contributed by atoms with Crippen LogP contribution in [0.2, 0.25) is 18.1 Å². The molecule has 1 rings (SSSR count). The quantitative estimate of drug-likeness (QED) is 0.282. The van der Waals surface area contributed by atoms with Gasteiger partial charge in [-0.15, -0.1) is 6.58 Å². The number of rotatable bonds is 5. The van der Waals surface area contributed by atoms with Crippen molar-refractivity contribution < 1.29 is 14.0 Å². The fourth-order valence-corrected chi connectivity index (χ4v) is 4.64. The largest absolute Gasteiger partial charge is 0.546 e. The number of methoxy groups -OCH3 is 1. The van der Waals surface area contributed by atoms with Crippen molar-refractivity contribution in [3.05, 3.63) is 24.5 Å². The highest BCUT2D eigenvalue weighted by molar-refractivity contribution is 6.74. The minimum Gasteiger partial charge on any atom is -0.546 e. The van der Waals surface area contributed by atoms with Gasteiger partial charge in [-0.3, -0.25) is 4.79 Å². The van der Waals surface area contributed by atoms with E-state index in [1.54, 1.807) is 0 Å². The van der Waals surface area contributed by atoms with E-state index >= 15 is 0 Å². The molecule has 0 spiro atoms. The van der Waals surface area contributed by atoms with Crippen LogP contribution in [0.5, 0.6) is 0 Å². The first kappa shape index (κ1) is 24.0. The van der Waals surface area contributed by atoms with Crippen molar-refractivity contribution in [3.8, 4) is 0 Å². The van der Waals surface area contributed by atoms with E-state index in [0.29, 0.717) is 6.42 Å². The second-order valence-electron chi connectivity index (χ2n) is 9.51. The lowest BCUT2D eigenvalue weighted by Gasteiger charge is -2.42. The first-order valence-corrected chi connectivity index (χ1v) is 13.6. The lowest BCUT2D eigenvalue weighted by Crippen LogP contribution is -2.45. The van der Waals surface area contributed by atoms with E-state index < -0.39 is 13.7 Å². The van der Waals surface area contributed by atoms with Gasteiger partial charge in [0.1, 0.15) is 5.41 Å². The molecule has 27 heavy (non-hydrogen) atoms. The molecule has 0 aliphatic heterocycles. The van der Waals surface area contributed by atoms with E-state index in [2.05, 4.69) is 46.5 Å². The van der Waals surface area contributed by atoms with Crippen LogP contribution in [0.1, 0.15) is 85.0 Å². The van der Waals surface area contributed by atoms with Crippen LogP contribution in [0.15, 0.2) is 24.5 Å². The summed E-state index contributed by atoms with van der Waals surface area (Å²) >= 11 is 0. The maximum absolute atomic E-state index is 13.1. The van der Waals surface area contributed by atoms with Gasteiger partial charge >= 0.3 is 5.97 Å². The molecule has 1 aliphatic carbocycles. The van der Waals surface area contributed by atoms with Crippen LogP contribution in [-0.4, -0.2) is 21.4 Å². The van der Waals surface area contributed by atoms with Crippen molar-refractivity contribution in [2.45, 2.75) is 103 Å². The minimum absolute atomic E-state index is 0.0769. The van der Waals surface area contributed by atoms with E-state index in [1.807, 2.05) is 6.08 Å². The lowest BCUT2D eigenvalue weighted by molar-refractivity contribution is -0.152. The number of hydrogen-bond acceptors (Lipinski definition) is 3. The smallest absolute Gasteiger partial charge is 0.319 e. The zero-order valence-corrected chi connectivity index (χ0v) is 19.7. The van der Waals surface area contributed by atoms with Crippen LogP contribution in [0.25, 0.3) is 0 Å². The molecule has 0 saturated carbocycles. The molecule has 0 fully saturated rings. The van der Waals surface area contributed by atoms with Crippen LogP contribution in [0.3, 0.4) is 0 Å². The first-order valence-electron chi connectivity index (χ1n) is 10.7. The van der Waals surface area contributed by atoms with E-state index in [1.165, 1.54) is 32.8 Å². The summed E-state index contributed by atoms with van der Waals surface area (Å²) in [5.74, 6) is 0.672. The summed E-state index contributed by atoms with van der Waals surface area (Å²) in [6.07, 6.45) is 14.8. The molecule has 1 aliphatic rings. The van der Waals surface area contributed by atoms with Gasteiger partial charge in [0.2, 0.25) is 8.32 Å². The number of carbonyl (C=O) groups excluding carboxylic acids is 1. The van der Waals surface area contributed by atoms with Crippen molar-refractivity contribution in [3.63, 3.8) is 0 Å². The van der Waals surface area contributed by atoms with Crippen molar-refractivity contribution in [2.24, 2.45) is 5.41 Å². The molecule has 0 amide bonds. The van der Waals surface area contributed by atoms with Crippen molar-refractivity contribution in [1.29, 1.82) is 0 Å². The van der Waals surface area contributed by atoms with E-state index in [4.69, 9.17) is 9.16 Å². The van der Waals surface area contributed by atoms with E-state index in [-0.39, 0.29) is 11.0 Å². The zero-order valence-electron chi connectivity index (χ0n) is 18.7. The SMILES string of the molecule is C=CCC1(C(=O)OC)CCCCCCCCC/C=C\1O[Si](C)(C)C(C)(C)C. The van der Waals surface area contributed by atoms with Gasteiger partial charge in [0, 0.05) is 0 Å². The molecule has 3 nitrogen and oxygen atoms in total. The Labute approximate surface area is 168 Å². The molecule has 0 aromatic heterocycles. The Kier molecular flexibility index (Phi) is 9.33. The zero-order chi connectivity index (χ0) is 20.6. The van der Waals surface area contributed by atoms with Crippen LogP contribution in [0, 0.1) is 5.41 Å². The summed E-state index contributed by atoms with van der Waals surface area (Å²) < 4.78 is 12.1. The van der Waals surface area contributed by atoms with Gasteiger partial charge in [0.05, 0.1) is 12.9 Å². The summed E-state index contributed by atoms with van der Waals surface area (Å²) in [4.78, 5) is 13.1. The molecule has 0 radical (unpaired) electrons. The van der Waals surface area contributed by atoms with Crippen molar-refractivity contribution in [2.75, 3.05) is 7.11 Å². The average Bonchev–Trinajstić information content (AvgIpc) is 2.58. The highest BCUT2D eigenvalue weighted by Crippen LogP contribution is 2.46. The molecule has 1 unspecified atom stereocenters. The van der Waals surface area contributed by atoms with E-state index in [9.17, 15) is 4.79 Å². The molecule has 0 bridgehead atoms. The minimum atomic E-state index is -2.07. The van der Waals surface area contributed by atoms with Crippen LogP contribution >= 0.6 is 0 Å². The highest BCUT2D eigenvalue weighted by atomic mass is 28.4. The first-order chi connectivity index (χ1) is 12.6. The van der Waals surface area contributed by atoms with Gasteiger partial charge in [-0.25, -0.2) is 0 Å². The number of esters is 1. The number of allylic oxidation sites excluding steroid dienone is 2. The Hall–Kier alpha value is -1.03. The van der Waals surface area contributed by atoms with E-state index in [0.717, 1.165) is 37.9 Å². The lowest BCUT2D eigenvalue weighted by atomic mass is 9.76. The van der Waals surface area contributed by atoms with Crippen LogP contribution < -0.4 is 0 Å². The maximum Gasteiger partial charge on any atom is 0.319 e. The molecule has 4 heteroatoms. The summed E-state index contributed by atoms with van der Waals surface area (Å²) in [7, 11) is -0.576. The Bertz CT molecular complexity index is 516. The average molecular weight is 395 g/mol. The molecular weight excluding hydrogens is 352 g/mol. The summed E-state index contributed by atoms with van der Waals surface area (Å²) in [6.45, 7) is 15.2. The van der Waals surface area contributed by atoms with Gasteiger partial charge in [-0.1, -0.05) is 65.4 Å². The number of hydrogen-bond donors (Lipinski definition) is 0. The third-order valence-corrected chi connectivity index (χ3v) is 10.7. The fourth-order valence-electron chi connectivity index (χ4n) is 3.50. The third kappa shape index (κ3) is 6.51. The summed E-state index contributed by atoms with van der Waals surface area (Å²) in [5.41, 5.74) is -0.731. The second-order valence-corrected chi connectivity index (χ2v) is 14.2. The normalized spacial score (nSPS) is 25.3. The van der Waals surface area contributed by atoms with Gasteiger partial charge in [0.25, 0.3) is 0 Å². The summed E-state index contributed by atoms with van der Waals surface area (Å²) in [6, 6.07) is 0. The topological polar surface area (TPSA) is 35.5 Å². The van der Waals surface area contributed by atoms with Crippen LogP contribution in [-0.2, 0) is 14.0 Å². The highest BCUT2D eigenvalue weighted by Gasteiger charge is 2.48. The monoisotopic (exact) mass is 394 g/mol. The molecule has 1 atom stereocenters. The Morgan fingerprint density at radius 2 is 1.70 bits per heavy atom. The van der Waals surface area contributed by atoms with Gasteiger partial charge in [0.15, 0.2) is 0 Å². The Morgan fingerprint density at radius 3 is 2.22 bits per heavy atom. The third-order valence-electron chi connectivity index (χ3n) is 6.35. The number of ether oxygens (including phenoxy) is 1. The maximum atomic E-state index is 13.1. The van der Waals surface area contributed by atoms with Crippen molar-refractivity contribution >= 4 is 14.3 Å². The van der Waals surface area contributed by atoms with Gasteiger partial charge < -0.3 is 9.16 Å². The molecule has 156 valence electrons. The molecule has 0 heterocycles. The van der Waals surface area contributed by atoms with Crippen LogP contribution in [0.4, 0.5) is 0 Å². The van der Waals surface area contributed by atoms with Crippen molar-refractivity contribution in [1.82, 2.24) is 0 Å². The predicted molar refractivity (Wildman–Crippen MR) is 117 cm³/mol. The Balaban J connectivity index is 3.38. The molecule has 0 aromatic carbocycles. The van der Waals surface area contributed by atoms with Gasteiger partial charge in [-0.05, 0) is 49.9 Å². The Morgan fingerprint density at radius 1 is 1.15 bits per heavy atom. The summed E-state index contributed by atoms with van der Waals surface area (Å²) in [5, 5.41) is 0.0769. The second kappa shape index (κ2) is 10.5. The standard InChI is InChI=1S/C23H42O3Si/c1-8-18-23(21(24)25-5)19-16-14-12-10-9-11-13-15-17-20(23)26-27(6,7)22(2,3)4/h8,17H,1,9-16,18-19H2,2-7H3/b20-17+. The molecule has 0 aromatic rings. The predicted octanol–water partition coefficient (Wildman–Crippen LogP) is 7.15. The number of carbonyl (C=O) groups is 1. The fraction of sp³-hybridized carbons (Fsp3) is 0.783. The molecule has 0 N–H and O–H groups in total. The molecule has 0 saturated heterocycles. The molecular formula is C23H42O3Si. The van der Waals surface area contributed by atoms with Gasteiger partial charge in [-0.2, -0.15) is 0 Å².